The van der Waals surface area contributed by atoms with E-state index in [0.29, 0.717) is 25.7 Å². The van der Waals surface area contributed by atoms with Crippen LogP contribution in [0.1, 0.15) is 323 Å². The van der Waals surface area contributed by atoms with Crippen LogP contribution in [0.3, 0.4) is 0 Å². The molecule has 0 amide bonds. The number of phosphoric acid groups is 2. The number of rotatable bonds is 70. The largest absolute Gasteiger partial charge is 0.472 e. The van der Waals surface area contributed by atoms with Gasteiger partial charge in [0.05, 0.1) is 32.8 Å². The van der Waals surface area contributed by atoms with Crippen LogP contribution in [0.2, 0.25) is 0 Å². The first-order valence-electron chi connectivity index (χ1n) is 37.2. The van der Waals surface area contributed by atoms with Crippen molar-refractivity contribution in [3.8, 4) is 0 Å². The van der Waals surface area contributed by atoms with E-state index in [4.69, 9.17) is 37.0 Å². The lowest BCUT2D eigenvalue weighted by molar-refractivity contribution is -0.161. The number of carbonyl (C=O) groups excluding carboxylic acids is 4. The third-order valence-corrected chi connectivity index (χ3v) is 17.6. The number of esters is 4. The summed E-state index contributed by atoms with van der Waals surface area (Å²) >= 11 is 0. The molecule has 0 aromatic carbocycles. The lowest BCUT2D eigenvalue weighted by atomic mass is 10.0. The third-order valence-electron chi connectivity index (χ3n) is 15.7. The highest BCUT2D eigenvalue weighted by molar-refractivity contribution is 7.47. The van der Waals surface area contributed by atoms with Gasteiger partial charge in [-0.05, 0) is 77.0 Å². The molecule has 0 fully saturated rings. The molecule has 0 saturated heterocycles. The summed E-state index contributed by atoms with van der Waals surface area (Å²) in [6.07, 6.45) is 66.5. The van der Waals surface area contributed by atoms with E-state index in [1.54, 1.807) is 6.08 Å². The second kappa shape index (κ2) is 68.0. The standard InChI is InChI=1S/C75H134O17P2/c1-5-9-13-17-21-25-29-32-34-37-40-43-47-51-55-59-72(77)85-65-70(91-74(79)61-57-53-49-45-39-28-24-20-16-12-8-4)67-89-93(81,82)87-63-69(76)64-88-94(83,84)90-68-71(92-75(80)62-58-54-50-46-42-36-31-27-23-19-15-11-7-3)66-86-73(78)60-56-52-48-44-41-38-35-33-30-26-22-18-14-10-6-2/h9,13,21,25,32-35,40,43,51,55,69-71,76H,5-8,10-12,14-20,22-24,26-31,36-39,41-42,44-50,52-54,56-68H2,1-4H3,(H,81,82)(H,83,84)/b13-9-,25-21-,34-32-,35-33-,43-40-,55-51-. The van der Waals surface area contributed by atoms with Gasteiger partial charge in [-0.2, -0.15) is 0 Å². The highest BCUT2D eigenvalue weighted by Gasteiger charge is 2.30. The van der Waals surface area contributed by atoms with Gasteiger partial charge in [0.1, 0.15) is 19.3 Å². The average molecular weight is 1370 g/mol. The Morgan fingerprint density at radius 3 is 0.936 bits per heavy atom. The van der Waals surface area contributed by atoms with Gasteiger partial charge in [0, 0.05) is 19.3 Å². The predicted octanol–water partition coefficient (Wildman–Crippen LogP) is 20.9. The molecule has 0 rings (SSSR count). The molecule has 19 heteroatoms. The highest BCUT2D eigenvalue weighted by Crippen LogP contribution is 2.45. The topological polar surface area (TPSA) is 237 Å². The van der Waals surface area contributed by atoms with Gasteiger partial charge in [-0.15, -0.1) is 0 Å². The molecule has 0 aliphatic rings. The van der Waals surface area contributed by atoms with Crippen molar-refractivity contribution in [2.45, 2.75) is 341 Å². The highest BCUT2D eigenvalue weighted by atomic mass is 31.2. The average Bonchev–Trinajstić information content (AvgIpc) is 1.35. The molecule has 0 aromatic rings. The number of phosphoric ester groups is 2. The molecule has 94 heavy (non-hydrogen) atoms. The lowest BCUT2D eigenvalue weighted by Gasteiger charge is -2.21. The smallest absolute Gasteiger partial charge is 0.462 e. The van der Waals surface area contributed by atoms with E-state index >= 15 is 0 Å². The summed E-state index contributed by atoms with van der Waals surface area (Å²) < 4.78 is 68.2. The van der Waals surface area contributed by atoms with Gasteiger partial charge in [0.25, 0.3) is 0 Å². The molecule has 0 spiro atoms. The summed E-state index contributed by atoms with van der Waals surface area (Å²) in [5.74, 6) is -2.31. The molecule has 5 atom stereocenters. The van der Waals surface area contributed by atoms with Crippen molar-refractivity contribution in [3.63, 3.8) is 0 Å². The normalized spacial score (nSPS) is 14.4. The molecule has 546 valence electrons. The summed E-state index contributed by atoms with van der Waals surface area (Å²) in [5, 5.41) is 10.6. The van der Waals surface area contributed by atoms with Crippen LogP contribution in [-0.4, -0.2) is 96.7 Å². The Kier molecular flexibility index (Phi) is 65.5. The summed E-state index contributed by atoms with van der Waals surface area (Å²) in [6.45, 7) is 4.65. The summed E-state index contributed by atoms with van der Waals surface area (Å²) in [6, 6.07) is 0. The minimum Gasteiger partial charge on any atom is -0.462 e. The zero-order valence-corrected chi connectivity index (χ0v) is 61.2. The van der Waals surface area contributed by atoms with Crippen LogP contribution in [0.15, 0.2) is 72.9 Å². The van der Waals surface area contributed by atoms with E-state index < -0.39 is 97.5 Å². The van der Waals surface area contributed by atoms with E-state index in [1.165, 1.54) is 128 Å². The Bertz CT molecular complexity index is 2070. The van der Waals surface area contributed by atoms with Gasteiger partial charge >= 0.3 is 39.5 Å². The minimum atomic E-state index is -4.98. The van der Waals surface area contributed by atoms with Crippen molar-refractivity contribution in [2.75, 3.05) is 39.6 Å². The van der Waals surface area contributed by atoms with Gasteiger partial charge < -0.3 is 33.8 Å². The fourth-order valence-electron chi connectivity index (χ4n) is 10.1. The maximum atomic E-state index is 13.0. The van der Waals surface area contributed by atoms with Crippen LogP contribution >= 0.6 is 15.6 Å². The summed E-state index contributed by atoms with van der Waals surface area (Å²) in [5.41, 5.74) is 0. The minimum absolute atomic E-state index is 0.0669. The van der Waals surface area contributed by atoms with E-state index in [1.807, 2.05) is 18.2 Å². The lowest BCUT2D eigenvalue weighted by Crippen LogP contribution is -2.30. The van der Waals surface area contributed by atoms with Crippen LogP contribution in [-0.2, 0) is 65.4 Å². The van der Waals surface area contributed by atoms with E-state index in [2.05, 4.69) is 76.3 Å². The van der Waals surface area contributed by atoms with Crippen LogP contribution in [0, 0.1) is 0 Å². The number of aliphatic hydroxyl groups is 1. The quantitative estimate of drug-likeness (QED) is 0.0169. The van der Waals surface area contributed by atoms with Crippen molar-refractivity contribution >= 4 is 39.5 Å². The number of carbonyl (C=O) groups is 4. The molecule has 0 heterocycles. The van der Waals surface area contributed by atoms with Crippen LogP contribution in [0.25, 0.3) is 0 Å². The molecule has 5 unspecified atom stereocenters. The van der Waals surface area contributed by atoms with E-state index in [9.17, 15) is 43.2 Å². The fourth-order valence-corrected chi connectivity index (χ4v) is 11.6. The molecular weight excluding hydrogens is 1230 g/mol. The van der Waals surface area contributed by atoms with Gasteiger partial charge in [-0.3, -0.25) is 37.3 Å². The molecule has 0 saturated carbocycles. The van der Waals surface area contributed by atoms with Crippen molar-refractivity contribution < 1.29 is 80.2 Å². The second-order valence-electron chi connectivity index (χ2n) is 24.9. The Morgan fingerprint density at radius 2 is 0.596 bits per heavy atom. The molecular formula is C75H134O17P2. The molecule has 0 radical (unpaired) electrons. The van der Waals surface area contributed by atoms with E-state index in [0.717, 1.165) is 116 Å². The van der Waals surface area contributed by atoms with E-state index in [-0.39, 0.29) is 25.7 Å². The number of aliphatic hydroxyl groups excluding tert-OH is 1. The number of hydrogen-bond donors (Lipinski definition) is 3. The monoisotopic (exact) mass is 1370 g/mol. The Morgan fingerprint density at radius 1 is 0.319 bits per heavy atom. The second-order valence-corrected chi connectivity index (χ2v) is 27.8. The Labute approximate surface area is 571 Å². The van der Waals surface area contributed by atoms with Crippen molar-refractivity contribution in [2.24, 2.45) is 0 Å². The van der Waals surface area contributed by atoms with Crippen LogP contribution < -0.4 is 0 Å². The zero-order chi connectivity index (χ0) is 69.0. The molecule has 0 aliphatic heterocycles. The Balaban J connectivity index is 5.36. The first-order valence-corrected chi connectivity index (χ1v) is 40.2. The van der Waals surface area contributed by atoms with Crippen molar-refractivity contribution in [1.82, 2.24) is 0 Å². The predicted molar refractivity (Wildman–Crippen MR) is 381 cm³/mol. The van der Waals surface area contributed by atoms with Gasteiger partial charge in [-0.25, -0.2) is 9.13 Å². The third kappa shape index (κ3) is 67.1. The summed E-state index contributed by atoms with van der Waals surface area (Å²) in [7, 11) is -9.95. The van der Waals surface area contributed by atoms with Crippen LogP contribution in [0.4, 0.5) is 0 Å². The maximum Gasteiger partial charge on any atom is 0.472 e. The number of hydrogen-bond acceptors (Lipinski definition) is 15. The molecule has 17 nitrogen and oxygen atoms in total. The molecule has 0 bridgehead atoms. The number of allylic oxidation sites excluding steroid dienone is 11. The first kappa shape index (κ1) is 90.5. The number of unbranched alkanes of at least 4 members (excludes halogenated alkanes) is 33. The molecule has 3 N–H and O–H groups in total. The SMILES string of the molecule is CC/C=C\C/C=C\C/C=C\C/C=C\C/C=C\CC(=O)OCC(COP(=O)(O)OCC(O)COP(=O)(O)OCC(COC(=O)CCCCCCC/C=C\CCCCCCCC)OC(=O)CCCCCCCCCCCCCCC)OC(=O)CCCCCCCCCCCCC. The zero-order valence-electron chi connectivity index (χ0n) is 59.4. The van der Waals surface area contributed by atoms with Gasteiger partial charge in [0.15, 0.2) is 12.2 Å². The van der Waals surface area contributed by atoms with Crippen LogP contribution in [0.5, 0.6) is 0 Å². The number of ether oxygens (including phenoxy) is 4. The molecule has 0 aliphatic carbocycles. The van der Waals surface area contributed by atoms with Gasteiger partial charge in [0.2, 0.25) is 0 Å². The van der Waals surface area contributed by atoms with Crippen molar-refractivity contribution in [1.29, 1.82) is 0 Å². The first-order chi connectivity index (χ1) is 45.7. The summed E-state index contributed by atoms with van der Waals surface area (Å²) in [4.78, 5) is 72.6. The molecule has 0 aromatic heterocycles. The Hall–Kier alpha value is -3.50. The van der Waals surface area contributed by atoms with Crippen molar-refractivity contribution in [3.05, 3.63) is 72.9 Å². The van der Waals surface area contributed by atoms with Gasteiger partial charge in [-0.1, -0.05) is 293 Å². The maximum absolute atomic E-state index is 13.0. The fraction of sp³-hybridized carbons (Fsp3) is 0.787.